The highest BCUT2D eigenvalue weighted by Gasteiger charge is 2.31. The number of alkyl halides is 3. The summed E-state index contributed by atoms with van der Waals surface area (Å²) in [5, 5.41) is 7.93. The van der Waals surface area contributed by atoms with Gasteiger partial charge in [0.05, 0.1) is 17.7 Å². The van der Waals surface area contributed by atoms with Crippen molar-refractivity contribution in [3.63, 3.8) is 0 Å². The number of nitrogens with one attached hydrogen (secondary N) is 2. The summed E-state index contributed by atoms with van der Waals surface area (Å²) in [5.74, 6) is -0.0906. The first kappa shape index (κ1) is 24.3. The number of thiazole rings is 1. The summed E-state index contributed by atoms with van der Waals surface area (Å²) >= 11 is 1.28. The van der Waals surface area contributed by atoms with E-state index in [1.807, 2.05) is 4.90 Å². The second kappa shape index (κ2) is 10.6. The van der Waals surface area contributed by atoms with E-state index in [0.29, 0.717) is 42.7 Å². The number of urea groups is 1. The number of anilines is 2. The Morgan fingerprint density at radius 2 is 1.82 bits per heavy atom. The van der Waals surface area contributed by atoms with Crippen LogP contribution in [0.3, 0.4) is 0 Å². The van der Waals surface area contributed by atoms with Crippen LogP contribution in [0.5, 0.6) is 0 Å². The predicted octanol–water partition coefficient (Wildman–Crippen LogP) is 4.51. The maximum absolute atomic E-state index is 13.0. The average molecular weight is 496 g/mol. The molecule has 2 aromatic rings. The molecule has 11 heteroatoms. The third kappa shape index (κ3) is 6.40. The van der Waals surface area contributed by atoms with E-state index in [4.69, 9.17) is 0 Å². The molecule has 0 bridgehead atoms. The van der Waals surface area contributed by atoms with Crippen LogP contribution in [0.15, 0.2) is 29.6 Å². The first-order valence-corrected chi connectivity index (χ1v) is 12.4. The zero-order chi connectivity index (χ0) is 24.1. The number of halogens is 3. The van der Waals surface area contributed by atoms with Gasteiger partial charge in [-0.05, 0) is 31.0 Å². The lowest BCUT2D eigenvalue weighted by molar-refractivity contribution is -0.137. The number of nitrogens with zero attached hydrogens (tertiary/aromatic N) is 3. The number of hydrogen-bond acceptors (Lipinski definition) is 5. The summed E-state index contributed by atoms with van der Waals surface area (Å²) < 4.78 is 39.0. The SMILES string of the molecule is O=C(Nc1nc(CC(=O)N2CCN(c3cccc(C(F)(F)F)c3)CC2)cs1)NC1CCCCC1. The molecular formula is C23H28F3N5O2S. The molecule has 0 spiro atoms. The van der Waals surface area contributed by atoms with Gasteiger partial charge in [0.2, 0.25) is 5.91 Å². The molecule has 0 radical (unpaired) electrons. The minimum Gasteiger partial charge on any atom is -0.368 e. The Hall–Kier alpha value is -2.82. The summed E-state index contributed by atoms with van der Waals surface area (Å²) in [6.07, 6.45) is 1.19. The first-order chi connectivity index (χ1) is 16.3. The number of carbonyl (C=O) groups is 2. The number of rotatable bonds is 5. The fourth-order valence-corrected chi connectivity index (χ4v) is 5.08. The van der Waals surface area contributed by atoms with Crippen LogP contribution >= 0.6 is 11.3 Å². The summed E-state index contributed by atoms with van der Waals surface area (Å²) in [6.45, 7) is 1.76. The molecule has 1 aromatic carbocycles. The Balaban J connectivity index is 1.24. The maximum Gasteiger partial charge on any atom is 0.416 e. The summed E-state index contributed by atoms with van der Waals surface area (Å²) in [5.41, 5.74) is 0.413. The standard InChI is InChI=1S/C23H28F3N5O2S/c24-23(25,26)16-5-4-8-19(13-16)30-9-11-31(12-10-30)20(32)14-18-15-34-22(28-18)29-21(33)27-17-6-2-1-3-7-17/h4-5,8,13,15,17H,1-3,6-7,9-12,14H2,(H2,27,28,29,33). The number of benzene rings is 1. The number of amides is 3. The highest BCUT2D eigenvalue weighted by atomic mass is 32.1. The van der Waals surface area contributed by atoms with Crippen molar-refractivity contribution in [1.29, 1.82) is 0 Å². The zero-order valence-corrected chi connectivity index (χ0v) is 19.6. The van der Waals surface area contributed by atoms with E-state index in [-0.39, 0.29) is 24.4 Å². The van der Waals surface area contributed by atoms with Gasteiger partial charge in [0.1, 0.15) is 0 Å². The molecule has 7 nitrogen and oxygen atoms in total. The van der Waals surface area contributed by atoms with Gasteiger partial charge >= 0.3 is 12.2 Å². The van der Waals surface area contributed by atoms with Crippen LogP contribution in [0.25, 0.3) is 0 Å². The minimum absolute atomic E-state index is 0.0906. The predicted molar refractivity (Wildman–Crippen MR) is 125 cm³/mol. The molecule has 1 aliphatic carbocycles. The van der Waals surface area contributed by atoms with E-state index < -0.39 is 11.7 Å². The monoisotopic (exact) mass is 495 g/mol. The van der Waals surface area contributed by atoms with Gasteiger partial charge in [-0.3, -0.25) is 10.1 Å². The summed E-state index contributed by atoms with van der Waals surface area (Å²) in [4.78, 5) is 32.8. The van der Waals surface area contributed by atoms with Gasteiger partial charge in [0.25, 0.3) is 0 Å². The fraction of sp³-hybridized carbons (Fsp3) is 0.522. The average Bonchev–Trinajstić information content (AvgIpc) is 3.25. The number of piperazine rings is 1. The molecule has 2 fully saturated rings. The number of aromatic nitrogens is 1. The van der Waals surface area contributed by atoms with Crippen molar-refractivity contribution in [3.05, 3.63) is 40.9 Å². The van der Waals surface area contributed by atoms with E-state index in [0.717, 1.165) is 37.8 Å². The van der Waals surface area contributed by atoms with Crippen LogP contribution in [-0.4, -0.2) is 54.0 Å². The Kier molecular flexibility index (Phi) is 7.60. The zero-order valence-electron chi connectivity index (χ0n) is 18.7. The molecule has 0 atom stereocenters. The largest absolute Gasteiger partial charge is 0.416 e. The fourth-order valence-electron chi connectivity index (χ4n) is 4.37. The second-order valence-electron chi connectivity index (χ2n) is 8.67. The van der Waals surface area contributed by atoms with Crippen molar-refractivity contribution in [2.75, 3.05) is 36.4 Å². The molecule has 1 saturated heterocycles. The molecule has 1 aromatic heterocycles. The van der Waals surface area contributed by atoms with Gasteiger partial charge in [-0.25, -0.2) is 9.78 Å². The highest BCUT2D eigenvalue weighted by molar-refractivity contribution is 7.13. The molecule has 4 rings (SSSR count). The van der Waals surface area contributed by atoms with E-state index in [2.05, 4.69) is 15.6 Å². The lowest BCUT2D eigenvalue weighted by Crippen LogP contribution is -2.49. The van der Waals surface area contributed by atoms with Gasteiger partial charge in [0, 0.05) is 43.3 Å². The molecule has 2 heterocycles. The van der Waals surface area contributed by atoms with Crippen LogP contribution in [0.1, 0.15) is 43.4 Å². The first-order valence-electron chi connectivity index (χ1n) is 11.5. The van der Waals surface area contributed by atoms with Crippen LogP contribution in [0.2, 0.25) is 0 Å². The number of hydrogen-bond donors (Lipinski definition) is 2. The van der Waals surface area contributed by atoms with Gasteiger partial charge in [0.15, 0.2) is 5.13 Å². The molecule has 34 heavy (non-hydrogen) atoms. The lowest BCUT2D eigenvalue weighted by atomic mass is 9.96. The summed E-state index contributed by atoms with van der Waals surface area (Å²) in [7, 11) is 0. The van der Waals surface area contributed by atoms with Gasteiger partial charge < -0.3 is 15.1 Å². The van der Waals surface area contributed by atoms with Crippen LogP contribution in [0, 0.1) is 0 Å². The van der Waals surface area contributed by atoms with E-state index in [1.54, 1.807) is 16.3 Å². The third-order valence-corrected chi connectivity index (χ3v) is 7.02. The second-order valence-corrected chi connectivity index (χ2v) is 9.53. The molecule has 1 saturated carbocycles. The highest BCUT2D eigenvalue weighted by Crippen LogP contribution is 2.32. The van der Waals surface area contributed by atoms with Crippen molar-refractivity contribution in [3.8, 4) is 0 Å². The van der Waals surface area contributed by atoms with Gasteiger partial charge in [-0.2, -0.15) is 13.2 Å². The molecule has 3 amide bonds. The van der Waals surface area contributed by atoms with Crippen molar-refractivity contribution >= 4 is 34.1 Å². The van der Waals surface area contributed by atoms with Crippen molar-refractivity contribution in [2.45, 2.75) is 50.7 Å². The Bertz CT molecular complexity index is 998. The Labute approximate surface area is 200 Å². The Morgan fingerprint density at radius 3 is 2.53 bits per heavy atom. The van der Waals surface area contributed by atoms with E-state index in [1.165, 1.54) is 23.8 Å². The number of carbonyl (C=O) groups excluding carboxylic acids is 2. The van der Waals surface area contributed by atoms with E-state index in [9.17, 15) is 22.8 Å². The quantitative estimate of drug-likeness (QED) is 0.640. The molecular weight excluding hydrogens is 467 g/mol. The summed E-state index contributed by atoms with van der Waals surface area (Å²) in [6, 6.07) is 5.18. The van der Waals surface area contributed by atoms with Crippen molar-refractivity contribution in [1.82, 2.24) is 15.2 Å². The van der Waals surface area contributed by atoms with Crippen LogP contribution < -0.4 is 15.5 Å². The topological polar surface area (TPSA) is 77.6 Å². The van der Waals surface area contributed by atoms with Gasteiger partial charge in [-0.1, -0.05) is 25.3 Å². The molecule has 2 N–H and O–H groups in total. The van der Waals surface area contributed by atoms with E-state index >= 15 is 0 Å². The third-order valence-electron chi connectivity index (χ3n) is 6.22. The smallest absolute Gasteiger partial charge is 0.368 e. The molecule has 1 aliphatic heterocycles. The minimum atomic E-state index is -4.38. The molecule has 0 unspecified atom stereocenters. The lowest BCUT2D eigenvalue weighted by Gasteiger charge is -2.36. The van der Waals surface area contributed by atoms with Crippen LogP contribution in [0.4, 0.5) is 28.8 Å². The van der Waals surface area contributed by atoms with Crippen LogP contribution in [-0.2, 0) is 17.4 Å². The molecule has 184 valence electrons. The maximum atomic E-state index is 13.0. The Morgan fingerprint density at radius 1 is 1.09 bits per heavy atom. The van der Waals surface area contributed by atoms with Crippen molar-refractivity contribution < 1.29 is 22.8 Å². The normalized spacial score (nSPS) is 17.5. The molecule has 2 aliphatic rings. The van der Waals surface area contributed by atoms with Crippen molar-refractivity contribution in [2.24, 2.45) is 0 Å². The van der Waals surface area contributed by atoms with Gasteiger partial charge in [-0.15, -0.1) is 11.3 Å².